The highest BCUT2D eigenvalue weighted by atomic mass is 16.5. The van der Waals surface area contributed by atoms with E-state index in [9.17, 15) is 5.11 Å². The molecule has 0 saturated heterocycles. The summed E-state index contributed by atoms with van der Waals surface area (Å²) in [7, 11) is 0. The third-order valence-electron chi connectivity index (χ3n) is 3.26. The minimum absolute atomic E-state index is 0.0195. The van der Waals surface area contributed by atoms with E-state index in [1.165, 1.54) is 0 Å². The number of aliphatic hydroxyl groups is 1. The van der Waals surface area contributed by atoms with E-state index in [0.29, 0.717) is 6.61 Å². The summed E-state index contributed by atoms with van der Waals surface area (Å²) in [6, 6.07) is 17.7. The van der Waals surface area contributed by atoms with Gasteiger partial charge in [0, 0.05) is 11.5 Å². The van der Waals surface area contributed by atoms with Gasteiger partial charge in [-0.2, -0.15) is 0 Å². The van der Waals surface area contributed by atoms with Gasteiger partial charge in [0.1, 0.15) is 5.75 Å². The number of hydrogen-bond acceptors (Lipinski definition) is 2. The molecule has 0 aliphatic carbocycles. The molecule has 1 aliphatic rings. The zero-order chi connectivity index (χ0) is 11.7. The predicted molar refractivity (Wildman–Crippen MR) is 66.1 cm³/mol. The molecule has 3 rings (SSSR count). The Balaban J connectivity index is 1.97. The van der Waals surface area contributed by atoms with Crippen molar-refractivity contribution < 1.29 is 9.84 Å². The first kappa shape index (κ1) is 10.4. The molecule has 0 radical (unpaired) electrons. The van der Waals surface area contributed by atoms with Crippen LogP contribution in [-0.4, -0.2) is 11.7 Å². The minimum Gasteiger partial charge on any atom is -0.492 e. The molecule has 0 aromatic heterocycles. The fourth-order valence-electron chi connectivity index (χ4n) is 2.32. The van der Waals surface area contributed by atoms with E-state index in [-0.39, 0.29) is 5.92 Å². The van der Waals surface area contributed by atoms with E-state index in [1.807, 2.05) is 54.6 Å². The lowest BCUT2D eigenvalue weighted by molar-refractivity contribution is 0.0890. The van der Waals surface area contributed by atoms with E-state index in [1.54, 1.807) is 0 Å². The van der Waals surface area contributed by atoms with Crippen molar-refractivity contribution in [2.24, 2.45) is 0 Å². The first-order valence-corrected chi connectivity index (χ1v) is 5.81. The van der Waals surface area contributed by atoms with Crippen LogP contribution in [0.15, 0.2) is 54.6 Å². The molecular weight excluding hydrogens is 212 g/mol. The van der Waals surface area contributed by atoms with Crippen molar-refractivity contribution >= 4 is 0 Å². The van der Waals surface area contributed by atoms with Gasteiger partial charge >= 0.3 is 0 Å². The standard InChI is InChI=1S/C15H14O2/c16-15-12-8-4-5-9-14(12)17-10-13(15)11-6-2-1-3-7-11/h1-9,13,15-16H,10H2/t13-,15+/m0/s1. The SMILES string of the molecule is O[C@@H]1c2ccccc2OC[C@H]1c1ccccc1. The van der Waals surface area contributed by atoms with Gasteiger partial charge in [0.2, 0.25) is 0 Å². The molecule has 86 valence electrons. The highest BCUT2D eigenvalue weighted by Gasteiger charge is 2.29. The number of aliphatic hydroxyl groups excluding tert-OH is 1. The van der Waals surface area contributed by atoms with Crippen LogP contribution >= 0.6 is 0 Å². The molecule has 0 unspecified atom stereocenters. The van der Waals surface area contributed by atoms with Gasteiger partial charge in [-0.3, -0.25) is 0 Å². The van der Waals surface area contributed by atoms with Crippen LogP contribution in [0.2, 0.25) is 0 Å². The van der Waals surface area contributed by atoms with Crippen LogP contribution in [-0.2, 0) is 0 Å². The van der Waals surface area contributed by atoms with E-state index < -0.39 is 6.10 Å². The third kappa shape index (κ3) is 1.81. The van der Waals surface area contributed by atoms with Gasteiger partial charge in [0.05, 0.1) is 12.7 Å². The number of ether oxygens (including phenoxy) is 1. The van der Waals surface area contributed by atoms with Crippen molar-refractivity contribution in [1.29, 1.82) is 0 Å². The van der Waals surface area contributed by atoms with Crippen molar-refractivity contribution in [1.82, 2.24) is 0 Å². The summed E-state index contributed by atoms with van der Waals surface area (Å²) < 4.78 is 5.70. The van der Waals surface area contributed by atoms with Gasteiger partial charge in [-0.15, -0.1) is 0 Å². The molecule has 1 heterocycles. The smallest absolute Gasteiger partial charge is 0.125 e. The second-order valence-electron chi connectivity index (χ2n) is 4.31. The lowest BCUT2D eigenvalue weighted by Crippen LogP contribution is -2.24. The summed E-state index contributed by atoms with van der Waals surface area (Å²) in [6.07, 6.45) is -0.484. The van der Waals surface area contributed by atoms with Crippen LogP contribution in [0.5, 0.6) is 5.75 Å². The molecule has 1 aliphatic heterocycles. The lowest BCUT2D eigenvalue weighted by atomic mass is 9.88. The first-order valence-electron chi connectivity index (χ1n) is 5.81. The summed E-state index contributed by atoms with van der Waals surface area (Å²) in [6.45, 7) is 0.530. The Labute approximate surface area is 100 Å². The number of rotatable bonds is 1. The molecule has 0 amide bonds. The first-order chi connectivity index (χ1) is 8.36. The van der Waals surface area contributed by atoms with Gasteiger partial charge in [-0.05, 0) is 11.6 Å². The normalized spacial score (nSPS) is 22.6. The number of fused-ring (bicyclic) bond motifs is 1. The van der Waals surface area contributed by atoms with Crippen molar-refractivity contribution in [3.05, 3.63) is 65.7 Å². The van der Waals surface area contributed by atoms with Crippen LogP contribution in [0.1, 0.15) is 23.1 Å². The second kappa shape index (κ2) is 4.22. The third-order valence-corrected chi connectivity index (χ3v) is 3.26. The molecule has 1 N–H and O–H groups in total. The van der Waals surface area contributed by atoms with Gasteiger partial charge in [-0.25, -0.2) is 0 Å². The summed E-state index contributed by atoms with van der Waals surface area (Å²) >= 11 is 0. The maximum atomic E-state index is 10.4. The van der Waals surface area contributed by atoms with Crippen LogP contribution in [0.25, 0.3) is 0 Å². The average Bonchev–Trinajstić information content (AvgIpc) is 2.40. The quantitative estimate of drug-likeness (QED) is 0.810. The van der Waals surface area contributed by atoms with Crippen molar-refractivity contribution in [3.8, 4) is 5.75 Å². The van der Waals surface area contributed by atoms with Crippen molar-refractivity contribution in [3.63, 3.8) is 0 Å². The Hall–Kier alpha value is -1.80. The zero-order valence-corrected chi connectivity index (χ0v) is 9.41. The van der Waals surface area contributed by atoms with E-state index >= 15 is 0 Å². The number of hydrogen-bond donors (Lipinski definition) is 1. The number of benzene rings is 2. The van der Waals surface area contributed by atoms with Crippen LogP contribution in [0, 0.1) is 0 Å². The summed E-state index contributed by atoms with van der Waals surface area (Å²) in [5.74, 6) is 0.818. The van der Waals surface area contributed by atoms with Gasteiger partial charge in [0.15, 0.2) is 0 Å². The van der Waals surface area contributed by atoms with Crippen molar-refractivity contribution in [2.45, 2.75) is 12.0 Å². The molecule has 0 saturated carbocycles. The molecule has 2 aromatic carbocycles. The summed E-state index contributed by atoms with van der Waals surface area (Å²) in [5.41, 5.74) is 2.00. The Kier molecular flexibility index (Phi) is 2.57. The number of para-hydroxylation sites is 1. The molecule has 0 fully saturated rings. The maximum absolute atomic E-state index is 10.4. The molecule has 17 heavy (non-hydrogen) atoms. The Morgan fingerprint density at radius 1 is 0.941 bits per heavy atom. The predicted octanol–water partition coefficient (Wildman–Crippen LogP) is 2.90. The fourth-order valence-corrected chi connectivity index (χ4v) is 2.32. The lowest BCUT2D eigenvalue weighted by Gasteiger charge is -2.30. The molecule has 0 spiro atoms. The van der Waals surface area contributed by atoms with Gasteiger partial charge < -0.3 is 9.84 Å². The molecular formula is C15H14O2. The molecule has 2 nitrogen and oxygen atoms in total. The van der Waals surface area contributed by atoms with Crippen molar-refractivity contribution in [2.75, 3.05) is 6.61 Å². The highest BCUT2D eigenvalue weighted by molar-refractivity contribution is 5.40. The minimum atomic E-state index is -0.484. The largest absolute Gasteiger partial charge is 0.492 e. The molecule has 2 atom stereocenters. The van der Waals surface area contributed by atoms with E-state index in [2.05, 4.69) is 0 Å². The average molecular weight is 226 g/mol. The molecule has 2 heteroatoms. The van der Waals surface area contributed by atoms with E-state index in [4.69, 9.17) is 4.74 Å². The topological polar surface area (TPSA) is 29.5 Å². The Morgan fingerprint density at radius 3 is 2.47 bits per heavy atom. The zero-order valence-electron chi connectivity index (χ0n) is 9.41. The van der Waals surface area contributed by atoms with Crippen LogP contribution < -0.4 is 4.74 Å². The Morgan fingerprint density at radius 2 is 1.65 bits per heavy atom. The highest BCUT2D eigenvalue weighted by Crippen LogP contribution is 2.39. The summed E-state index contributed by atoms with van der Waals surface area (Å²) in [4.78, 5) is 0. The Bertz CT molecular complexity index is 507. The van der Waals surface area contributed by atoms with Crippen LogP contribution in [0.4, 0.5) is 0 Å². The van der Waals surface area contributed by atoms with E-state index in [0.717, 1.165) is 16.9 Å². The van der Waals surface area contributed by atoms with Gasteiger partial charge in [-0.1, -0.05) is 48.5 Å². The maximum Gasteiger partial charge on any atom is 0.125 e. The summed E-state index contributed by atoms with van der Waals surface area (Å²) in [5, 5.41) is 10.4. The van der Waals surface area contributed by atoms with Gasteiger partial charge in [0.25, 0.3) is 0 Å². The fraction of sp³-hybridized carbons (Fsp3) is 0.200. The molecule has 2 aromatic rings. The molecule has 0 bridgehead atoms. The second-order valence-corrected chi connectivity index (χ2v) is 4.31. The van der Waals surface area contributed by atoms with Crippen LogP contribution in [0.3, 0.4) is 0 Å². The monoisotopic (exact) mass is 226 g/mol.